The molecule has 0 radical (unpaired) electrons. The van der Waals surface area contributed by atoms with Crippen LogP contribution in [0.3, 0.4) is 0 Å². The predicted octanol–water partition coefficient (Wildman–Crippen LogP) is 1.96. The third kappa shape index (κ3) is 6.68. The number of nitrogens with one attached hydrogen (secondary N) is 2. The Kier molecular flexibility index (Phi) is 9.14. The van der Waals surface area contributed by atoms with E-state index in [2.05, 4.69) is 10.1 Å². The Bertz CT molecular complexity index is 807. The zero-order valence-corrected chi connectivity index (χ0v) is 16.3. The fourth-order valence-corrected chi connectivity index (χ4v) is 2.47. The maximum Gasteiger partial charge on any atom is 0.305 e. The molecule has 2 aromatic rings. The minimum Gasteiger partial charge on any atom is -0.469 e. The lowest BCUT2D eigenvalue weighted by atomic mass is 10.0. The van der Waals surface area contributed by atoms with Crippen molar-refractivity contribution in [3.63, 3.8) is 0 Å². The van der Waals surface area contributed by atoms with Crippen molar-refractivity contribution in [3.05, 3.63) is 70.8 Å². The summed E-state index contributed by atoms with van der Waals surface area (Å²) in [6.45, 7) is 0.0643. The van der Waals surface area contributed by atoms with E-state index in [1.165, 1.54) is 7.11 Å². The summed E-state index contributed by atoms with van der Waals surface area (Å²) in [5, 5.41) is 20.3. The maximum absolute atomic E-state index is 12.1. The van der Waals surface area contributed by atoms with Crippen molar-refractivity contribution in [2.24, 2.45) is 5.73 Å². The highest BCUT2D eigenvalue weighted by Crippen LogP contribution is 2.14. The molecule has 0 aliphatic rings. The summed E-state index contributed by atoms with van der Waals surface area (Å²) in [6.07, 6.45) is 0.0208. The third-order valence-corrected chi connectivity index (χ3v) is 4.12. The van der Waals surface area contributed by atoms with E-state index in [1.54, 1.807) is 36.4 Å². The Balaban J connectivity index is 0.00000392. The van der Waals surface area contributed by atoms with Gasteiger partial charge in [0.25, 0.3) is 5.91 Å². The number of methoxy groups -OCH3 is 1. The second kappa shape index (κ2) is 11.1. The van der Waals surface area contributed by atoms with Crippen molar-refractivity contribution in [2.45, 2.75) is 18.9 Å². The fraction of sp³-hybridized carbons (Fsp3) is 0.250. The summed E-state index contributed by atoms with van der Waals surface area (Å²) in [7, 11) is 1.35. The molecule has 28 heavy (non-hydrogen) atoms. The minimum absolute atomic E-state index is 0. The lowest BCUT2D eigenvalue weighted by Gasteiger charge is -2.13. The molecule has 1 amide bonds. The molecule has 8 heteroatoms. The van der Waals surface area contributed by atoms with E-state index in [4.69, 9.17) is 11.1 Å². The molecular weight excluding hydrogens is 382 g/mol. The second-order valence-electron chi connectivity index (χ2n) is 6.03. The van der Waals surface area contributed by atoms with Crippen LogP contribution in [0.15, 0.2) is 48.5 Å². The molecule has 0 spiro atoms. The molecule has 1 unspecified atom stereocenters. The van der Waals surface area contributed by atoms with Crippen molar-refractivity contribution in [1.29, 1.82) is 5.41 Å². The van der Waals surface area contributed by atoms with Gasteiger partial charge in [-0.15, -0.1) is 12.4 Å². The molecular formula is C20H24ClN3O4. The number of halogens is 1. The number of hydrogen-bond acceptors (Lipinski definition) is 5. The van der Waals surface area contributed by atoms with Crippen LogP contribution in [0.2, 0.25) is 0 Å². The van der Waals surface area contributed by atoms with Gasteiger partial charge in [-0.1, -0.05) is 36.4 Å². The van der Waals surface area contributed by atoms with Gasteiger partial charge >= 0.3 is 5.97 Å². The molecule has 0 bridgehead atoms. The van der Waals surface area contributed by atoms with Crippen LogP contribution < -0.4 is 11.1 Å². The zero-order valence-electron chi connectivity index (χ0n) is 15.5. The average molecular weight is 406 g/mol. The quantitative estimate of drug-likeness (QED) is 0.303. The van der Waals surface area contributed by atoms with Crippen molar-refractivity contribution < 1.29 is 19.4 Å². The maximum atomic E-state index is 12.1. The lowest BCUT2D eigenvalue weighted by molar-refractivity contribution is -0.140. The molecule has 0 heterocycles. The van der Waals surface area contributed by atoms with E-state index in [0.717, 1.165) is 5.56 Å². The first-order valence-electron chi connectivity index (χ1n) is 8.47. The molecule has 0 aromatic heterocycles. The van der Waals surface area contributed by atoms with E-state index < -0.39 is 6.10 Å². The highest BCUT2D eigenvalue weighted by molar-refractivity contribution is 5.98. The molecule has 1 atom stereocenters. The van der Waals surface area contributed by atoms with Gasteiger partial charge in [0.2, 0.25) is 0 Å². The van der Waals surface area contributed by atoms with Crippen LogP contribution in [0.25, 0.3) is 0 Å². The van der Waals surface area contributed by atoms with Crippen molar-refractivity contribution in [1.82, 2.24) is 5.32 Å². The molecule has 2 rings (SSSR count). The van der Waals surface area contributed by atoms with E-state index >= 15 is 0 Å². The SMILES string of the molecule is COC(=O)CCc1ccc(C(O)CNC(=O)c2ccc(C(=N)N)cc2)cc1.Cl. The van der Waals surface area contributed by atoms with Crippen LogP contribution in [0.1, 0.15) is 39.6 Å². The highest BCUT2D eigenvalue weighted by atomic mass is 35.5. The Hall–Kier alpha value is -2.90. The number of aliphatic hydroxyl groups excluding tert-OH is 1. The smallest absolute Gasteiger partial charge is 0.305 e. The second-order valence-corrected chi connectivity index (χ2v) is 6.03. The number of aliphatic hydroxyl groups is 1. The van der Waals surface area contributed by atoms with Crippen molar-refractivity contribution >= 4 is 30.1 Å². The van der Waals surface area contributed by atoms with Gasteiger partial charge in [0, 0.05) is 24.1 Å². The van der Waals surface area contributed by atoms with E-state index in [1.807, 2.05) is 12.1 Å². The summed E-state index contributed by atoms with van der Waals surface area (Å²) in [5.74, 6) is -0.649. The fourth-order valence-electron chi connectivity index (χ4n) is 2.47. The lowest BCUT2D eigenvalue weighted by Crippen LogP contribution is -2.28. The Labute approximate surface area is 169 Å². The standard InChI is InChI=1S/C20H23N3O4.ClH/c1-27-18(25)11-4-13-2-5-14(6-3-13)17(24)12-23-20(26)16-9-7-15(8-10-16)19(21)22;/h2-3,5-10,17,24H,4,11-12H2,1H3,(H3,21,22)(H,23,26);1H. The van der Waals surface area contributed by atoms with Gasteiger partial charge in [-0.05, 0) is 29.7 Å². The number of nitrogen functional groups attached to an aromatic ring is 1. The third-order valence-electron chi connectivity index (χ3n) is 4.12. The highest BCUT2D eigenvalue weighted by Gasteiger charge is 2.11. The van der Waals surface area contributed by atoms with Crippen LogP contribution in [0.5, 0.6) is 0 Å². The Morgan fingerprint density at radius 3 is 2.21 bits per heavy atom. The van der Waals surface area contributed by atoms with Crippen LogP contribution in [-0.4, -0.2) is 36.5 Å². The number of benzene rings is 2. The van der Waals surface area contributed by atoms with Gasteiger partial charge in [-0.2, -0.15) is 0 Å². The molecule has 0 aliphatic heterocycles. The van der Waals surface area contributed by atoms with E-state index in [-0.39, 0.29) is 36.7 Å². The topological polar surface area (TPSA) is 125 Å². The summed E-state index contributed by atoms with van der Waals surface area (Å²) in [5.41, 5.74) is 7.98. The number of ether oxygens (including phenoxy) is 1. The number of amidine groups is 1. The molecule has 2 aromatic carbocycles. The number of aryl methyl sites for hydroxylation is 1. The predicted molar refractivity (Wildman–Crippen MR) is 109 cm³/mol. The molecule has 7 nitrogen and oxygen atoms in total. The first-order valence-corrected chi connectivity index (χ1v) is 8.47. The average Bonchev–Trinajstić information content (AvgIpc) is 2.70. The van der Waals surface area contributed by atoms with Crippen LogP contribution >= 0.6 is 12.4 Å². The number of amides is 1. The van der Waals surface area contributed by atoms with Gasteiger partial charge in [-0.25, -0.2) is 0 Å². The molecule has 0 saturated heterocycles. The number of carbonyl (C=O) groups excluding carboxylic acids is 2. The number of esters is 1. The summed E-state index contributed by atoms with van der Waals surface area (Å²) >= 11 is 0. The molecule has 0 fully saturated rings. The molecule has 150 valence electrons. The Morgan fingerprint density at radius 1 is 1.11 bits per heavy atom. The van der Waals surface area contributed by atoms with Crippen LogP contribution in [0, 0.1) is 5.41 Å². The minimum atomic E-state index is -0.847. The van der Waals surface area contributed by atoms with Gasteiger partial charge in [-0.3, -0.25) is 15.0 Å². The first kappa shape index (κ1) is 23.1. The number of nitrogens with two attached hydrogens (primary N) is 1. The van der Waals surface area contributed by atoms with E-state index in [9.17, 15) is 14.7 Å². The normalized spacial score (nSPS) is 11.1. The molecule has 0 aliphatic carbocycles. The summed E-state index contributed by atoms with van der Waals surface area (Å²) < 4.78 is 4.61. The van der Waals surface area contributed by atoms with Gasteiger partial charge < -0.3 is 20.9 Å². The summed E-state index contributed by atoms with van der Waals surface area (Å²) in [4.78, 5) is 23.3. The number of hydrogen-bond donors (Lipinski definition) is 4. The van der Waals surface area contributed by atoms with Crippen molar-refractivity contribution in [2.75, 3.05) is 13.7 Å². The van der Waals surface area contributed by atoms with Crippen molar-refractivity contribution in [3.8, 4) is 0 Å². The zero-order chi connectivity index (χ0) is 19.8. The Morgan fingerprint density at radius 2 is 1.68 bits per heavy atom. The van der Waals surface area contributed by atoms with E-state index in [0.29, 0.717) is 29.5 Å². The number of rotatable bonds is 8. The molecule has 0 saturated carbocycles. The first-order chi connectivity index (χ1) is 12.9. The van der Waals surface area contributed by atoms with Gasteiger partial charge in [0.05, 0.1) is 13.2 Å². The number of carbonyl (C=O) groups is 2. The monoisotopic (exact) mass is 405 g/mol. The van der Waals surface area contributed by atoms with Gasteiger partial charge in [0.1, 0.15) is 5.84 Å². The largest absolute Gasteiger partial charge is 0.469 e. The summed E-state index contributed by atoms with van der Waals surface area (Å²) in [6, 6.07) is 13.6. The van der Waals surface area contributed by atoms with Crippen LogP contribution in [-0.2, 0) is 16.0 Å². The van der Waals surface area contributed by atoms with Crippen LogP contribution in [0.4, 0.5) is 0 Å². The van der Waals surface area contributed by atoms with Gasteiger partial charge in [0.15, 0.2) is 0 Å². The molecule has 5 N–H and O–H groups in total.